The number of aromatic nitrogens is 5. The number of anilines is 1. The quantitative estimate of drug-likeness (QED) is 0.311. The van der Waals surface area contributed by atoms with Gasteiger partial charge < -0.3 is 24.6 Å². The number of likely N-dealkylation sites (N-methyl/N-ethyl adjacent to an activating group) is 1. The molecule has 0 spiro atoms. The average Bonchev–Trinajstić information content (AvgIpc) is 3.36. The summed E-state index contributed by atoms with van der Waals surface area (Å²) in [5.41, 5.74) is 7.00. The first-order valence-electron chi connectivity index (χ1n) is 14.2. The molecule has 1 saturated carbocycles. The molecule has 2 N–H and O–H groups in total. The summed E-state index contributed by atoms with van der Waals surface area (Å²) in [6.45, 7) is 10.3. The van der Waals surface area contributed by atoms with Gasteiger partial charge in [-0.05, 0) is 63.1 Å². The van der Waals surface area contributed by atoms with Gasteiger partial charge in [-0.15, -0.1) is 0 Å². The molecule has 0 bridgehead atoms. The standard InChI is InChI=1S/C31H34N8O2/c1-18-15-20(5-7-22(18)19(2)34-28(40)29-36-30(37-41-29)31(3)9-10-31)26-25-23-8-6-21(39-13-11-38(4)12-14-39)16-24(23)35-27(25)33-17-32-26/h5-8,15-17,19H,9-14H2,1-4H3,(H,34,40)(H,32,33,35)/t19-/m1/s1. The molecule has 3 aromatic heterocycles. The van der Waals surface area contributed by atoms with Gasteiger partial charge in [-0.25, -0.2) is 9.97 Å². The predicted molar refractivity (Wildman–Crippen MR) is 158 cm³/mol. The topological polar surface area (TPSA) is 116 Å². The predicted octanol–water partition coefficient (Wildman–Crippen LogP) is 4.76. The van der Waals surface area contributed by atoms with Crippen LogP contribution in [0.4, 0.5) is 5.69 Å². The summed E-state index contributed by atoms with van der Waals surface area (Å²) in [4.78, 5) is 34.7. The number of H-pyrrole nitrogens is 1. The van der Waals surface area contributed by atoms with Gasteiger partial charge in [0.15, 0.2) is 5.82 Å². The first-order chi connectivity index (χ1) is 19.8. The van der Waals surface area contributed by atoms with Crippen molar-refractivity contribution in [1.82, 2.24) is 35.3 Å². The van der Waals surface area contributed by atoms with Gasteiger partial charge >= 0.3 is 11.8 Å². The average molecular weight is 551 g/mol. The number of hydrogen-bond donors (Lipinski definition) is 2. The zero-order chi connectivity index (χ0) is 28.3. The number of piperazine rings is 1. The monoisotopic (exact) mass is 550 g/mol. The lowest BCUT2D eigenvalue weighted by Gasteiger charge is -2.34. The highest BCUT2D eigenvalue weighted by Gasteiger charge is 2.44. The van der Waals surface area contributed by atoms with E-state index in [-0.39, 0.29) is 23.3 Å². The number of hydrogen-bond acceptors (Lipinski definition) is 8. The zero-order valence-corrected chi connectivity index (χ0v) is 23.9. The summed E-state index contributed by atoms with van der Waals surface area (Å²) < 4.78 is 5.26. The van der Waals surface area contributed by atoms with Crippen LogP contribution in [-0.2, 0) is 5.41 Å². The summed E-state index contributed by atoms with van der Waals surface area (Å²) in [7, 11) is 2.17. The number of benzene rings is 2. The first kappa shape index (κ1) is 25.6. The normalized spacial score (nSPS) is 17.7. The number of aryl methyl sites for hydroxylation is 1. The summed E-state index contributed by atoms with van der Waals surface area (Å²) in [6.07, 6.45) is 3.65. The lowest BCUT2D eigenvalue weighted by atomic mass is 9.97. The maximum absolute atomic E-state index is 12.8. The molecule has 1 atom stereocenters. The maximum atomic E-state index is 12.8. The molecular weight excluding hydrogens is 516 g/mol. The van der Waals surface area contributed by atoms with Crippen molar-refractivity contribution in [2.24, 2.45) is 0 Å². The van der Waals surface area contributed by atoms with Gasteiger partial charge in [-0.3, -0.25) is 4.79 Å². The minimum Gasteiger partial charge on any atom is -0.369 e. The number of nitrogens with one attached hydrogen (secondary N) is 2. The minimum absolute atomic E-state index is 0.00717. The lowest BCUT2D eigenvalue weighted by molar-refractivity contribution is 0.0895. The molecule has 1 aliphatic carbocycles. The van der Waals surface area contributed by atoms with E-state index < -0.39 is 0 Å². The number of carbonyl (C=O) groups excluding carboxylic acids is 1. The third-order valence-electron chi connectivity index (χ3n) is 8.76. The second-order valence-electron chi connectivity index (χ2n) is 11.8. The molecule has 210 valence electrons. The fraction of sp³-hybridized carbons (Fsp3) is 0.387. The smallest absolute Gasteiger partial charge is 0.315 e. The van der Waals surface area contributed by atoms with Crippen LogP contribution in [0.15, 0.2) is 47.2 Å². The van der Waals surface area contributed by atoms with Crippen LogP contribution in [0, 0.1) is 6.92 Å². The molecule has 1 saturated heterocycles. The Morgan fingerprint density at radius 2 is 1.90 bits per heavy atom. The van der Waals surface area contributed by atoms with E-state index in [1.807, 2.05) is 13.0 Å². The Morgan fingerprint density at radius 1 is 1.10 bits per heavy atom. The Hall–Kier alpha value is -4.31. The van der Waals surface area contributed by atoms with Crippen LogP contribution in [-0.4, -0.2) is 69.1 Å². The van der Waals surface area contributed by atoms with Gasteiger partial charge in [0.25, 0.3) is 0 Å². The second kappa shape index (κ2) is 9.66. The van der Waals surface area contributed by atoms with E-state index >= 15 is 0 Å². The van der Waals surface area contributed by atoms with Crippen molar-refractivity contribution in [2.75, 3.05) is 38.1 Å². The van der Waals surface area contributed by atoms with Gasteiger partial charge in [-0.1, -0.05) is 30.3 Å². The Bertz CT molecular complexity index is 1780. The molecule has 1 amide bonds. The number of fused-ring (bicyclic) bond motifs is 3. The van der Waals surface area contributed by atoms with Gasteiger partial charge in [-0.2, -0.15) is 4.98 Å². The van der Waals surface area contributed by atoms with E-state index in [0.29, 0.717) is 5.82 Å². The molecule has 41 heavy (non-hydrogen) atoms. The Morgan fingerprint density at radius 3 is 2.66 bits per heavy atom. The van der Waals surface area contributed by atoms with Gasteiger partial charge in [0.2, 0.25) is 0 Å². The molecule has 1 aliphatic heterocycles. The Balaban J connectivity index is 1.15. The largest absolute Gasteiger partial charge is 0.369 e. The van der Waals surface area contributed by atoms with Crippen molar-refractivity contribution in [1.29, 1.82) is 0 Å². The lowest BCUT2D eigenvalue weighted by Crippen LogP contribution is -2.44. The van der Waals surface area contributed by atoms with Crippen molar-refractivity contribution in [3.05, 3.63) is 65.6 Å². The third-order valence-corrected chi connectivity index (χ3v) is 8.76. The molecule has 4 heterocycles. The van der Waals surface area contributed by atoms with Gasteiger partial charge in [0.05, 0.1) is 17.1 Å². The van der Waals surface area contributed by atoms with Gasteiger partial charge in [0.1, 0.15) is 12.0 Å². The number of nitrogens with zero attached hydrogens (tertiary/aromatic N) is 6. The van der Waals surface area contributed by atoms with Crippen molar-refractivity contribution < 1.29 is 9.32 Å². The van der Waals surface area contributed by atoms with E-state index in [9.17, 15) is 4.79 Å². The highest BCUT2D eigenvalue weighted by Crippen LogP contribution is 2.46. The molecule has 0 unspecified atom stereocenters. The fourth-order valence-corrected chi connectivity index (χ4v) is 5.81. The molecule has 2 fully saturated rings. The van der Waals surface area contributed by atoms with Crippen LogP contribution in [0.25, 0.3) is 33.2 Å². The highest BCUT2D eigenvalue weighted by atomic mass is 16.5. The fourth-order valence-electron chi connectivity index (χ4n) is 5.81. The second-order valence-corrected chi connectivity index (χ2v) is 11.8. The molecular formula is C31H34N8O2. The SMILES string of the molecule is Cc1cc(-c2ncnc3[nH]c4cc(N5CCN(C)CC5)ccc4c23)ccc1[C@@H](C)NC(=O)c1nc(C2(C)CC2)no1. The van der Waals surface area contributed by atoms with Crippen LogP contribution in [0.3, 0.4) is 0 Å². The molecule has 2 aromatic carbocycles. The van der Waals surface area contributed by atoms with Crippen LogP contribution < -0.4 is 10.2 Å². The third kappa shape index (κ3) is 4.61. The van der Waals surface area contributed by atoms with Crippen molar-refractivity contribution in [3.8, 4) is 11.3 Å². The van der Waals surface area contributed by atoms with Crippen LogP contribution in [0.5, 0.6) is 0 Å². The minimum atomic E-state index is -0.365. The molecule has 0 radical (unpaired) electrons. The molecule has 5 aromatic rings. The van der Waals surface area contributed by atoms with Crippen LogP contribution in [0.1, 0.15) is 60.4 Å². The Kier molecular flexibility index (Phi) is 6.04. The number of aromatic amines is 1. The summed E-state index contributed by atoms with van der Waals surface area (Å²) >= 11 is 0. The molecule has 7 rings (SSSR count). The molecule has 10 heteroatoms. The summed E-state index contributed by atoms with van der Waals surface area (Å²) in [5, 5.41) is 9.15. The van der Waals surface area contributed by atoms with E-state index in [1.54, 1.807) is 6.33 Å². The van der Waals surface area contributed by atoms with E-state index in [2.05, 4.69) is 86.5 Å². The highest BCUT2D eigenvalue weighted by molar-refractivity contribution is 6.12. The van der Waals surface area contributed by atoms with E-state index in [0.717, 1.165) is 83.3 Å². The zero-order valence-electron chi connectivity index (χ0n) is 23.9. The summed E-state index contributed by atoms with van der Waals surface area (Å²) in [6, 6.07) is 12.6. The van der Waals surface area contributed by atoms with Crippen LogP contribution in [0.2, 0.25) is 0 Å². The van der Waals surface area contributed by atoms with Crippen molar-refractivity contribution in [3.63, 3.8) is 0 Å². The van der Waals surface area contributed by atoms with E-state index in [4.69, 9.17) is 9.51 Å². The van der Waals surface area contributed by atoms with E-state index in [1.165, 1.54) is 5.69 Å². The van der Waals surface area contributed by atoms with Crippen LogP contribution >= 0.6 is 0 Å². The van der Waals surface area contributed by atoms with Crippen molar-refractivity contribution in [2.45, 2.75) is 45.1 Å². The van der Waals surface area contributed by atoms with Crippen molar-refractivity contribution >= 4 is 33.5 Å². The first-order valence-corrected chi connectivity index (χ1v) is 14.2. The Labute approximate surface area is 238 Å². The summed E-state index contributed by atoms with van der Waals surface area (Å²) in [5.74, 6) is 0.254. The number of carbonyl (C=O) groups is 1. The number of rotatable bonds is 6. The maximum Gasteiger partial charge on any atom is 0.315 e. The number of amides is 1. The molecule has 2 aliphatic rings. The van der Waals surface area contributed by atoms with Gasteiger partial charge in [0, 0.05) is 53.7 Å². The molecule has 10 nitrogen and oxygen atoms in total.